The van der Waals surface area contributed by atoms with Crippen LogP contribution in [-0.2, 0) is 4.79 Å². The van der Waals surface area contributed by atoms with Crippen molar-refractivity contribution in [3.05, 3.63) is 24.1 Å². The number of allylic oxidation sites excluding steroid dienone is 3. The molecule has 0 spiro atoms. The van der Waals surface area contributed by atoms with Crippen molar-refractivity contribution in [2.75, 3.05) is 0 Å². The Bertz CT molecular complexity index is 379. The summed E-state index contributed by atoms with van der Waals surface area (Å²) in [5.74, 6) is -17.6. The van der Waals surface area contributed by atoms with Gasteiger partial charge in [-0.25, -0.2) is 9.18 Å². The predicted octanol–water partition coefficient (Wildman–Crippen LogP) is 3.31. The summed E-state index contributed by atoms with van der Waals surface area (Å²) in [7, 11) is 0. The Morgan fingerprint density at radius 1 is 1.00 bits per heavy atom. The molecule has 0 bridgehead atoms. The smallest absolute Gasteiger partial charge is 0.460 e. The van der Waals surface area contributed by atoms with Crippen molar-refractivity contribution < 1.29 is 45.0 Å². The molecule has 0 aliphatic heterocycles. The van der Waals surface area contributed by atoms with E-state index in [2.05, 4.69) is 0 Å². The lowest BCUT2D eigenvalue weighted by molar-refractivity contribution is -0.347. The Labute approximate surface area is 94.2 Å². The lowest BCUT2D eigenvalue weighted by Crippen LogP contribution is -2.52. The molecule has 0 aliphatic rings. The van der Waals surface area contributed by atoms with Gasteiger partial charge in [0.2, 0.25) is 0 Å². The predicted molar refractivity (Wildman–Crippen MR) is 41.9 cm³/mol. The van der Waals surface area contributed by atoms with E-state index < -0.39 is 35.9 Å². The van der Waals surface area contributed by atoms with Crippen LogP contribution in [0.15, 0.2) is 24.1 Å². The van der Waals surface area contributed by atoms with E-state index in [1.54, 1.807) is 0 Å². The van der Waals surface area contributed by atoms with Crippen LogP contribution in [0.4, 0.5) is 35.1 Å². The summed E-state index contributed by atoms with van der Waals surface area (Å²) in [6.45, 7) is 0. The number of carboxylic acid groups (broad SMARTS) is 1. The quantitative estimate of drug-likeness (QED) is 0.488. The van der Waals surface area contributed by atoms with Crippen LogP contribution in [0.3, 0.4) is 0 Å². The van der Waals surface area contributed by atoms with Crippen LogP contribution in [0.2, 0.25) is 0 Å². The second-order valence-corrected chi connectivity index (χ2v) is 2.86. The summed E-state index contributed by atoms with van der Waals surface area (Å²) in [5.41, 5.74) is 0. The third-order valence-corrected chi connectivity index (χ3v) is 1.53. The molecule has 2 nitrogen and oxygen atoms in total. The van der Waals surface area contributed by atoms with Gasteiger partial charge in [-0.1, -0.05) is 6.08 Å². The highest BCUT2D eigenvalue weighted by Gasteiger charge is 2.74. The van der Waals surface area contributed by atoms with Gasteiger partial charge >= 0.3 is 24.0 Å². The van der Waals surface area contributed by atoms with Crippen LogP contribution in [0.5, 0.6) is 0 Å². The SMILES string of the molecule is O=C(O)/C=C/C=C(\F)C(F)(F)C(F)(F)C(F)(F)F. The second kappa shape index (κ2) is 4.94. The molecule has 104 valence electrons. The number of alkyl halides is 7. The molecule has 10 heteroatoms. The zero-order valence-electron chi connectivity index (χ0n) is 8.11. The lowest BCUT2D eigenvalue weighted by Gasteiger charge is -2.26. The first-order valence-electron chi connectivity index (χ1n) is 3.93. The molecule has 0 rings (SSSR count). The Morgan fingerprint density at radius 3 is 1.78 bits per heavy atom. The van der Waals surface area contributed by atoms with Crippen molar-refractivity contribution in [3.8, 4) is 0 Å². The van der Waals surface area contributed by atoms with Gasteiger partial charge < -0.3 is 5.11 Å². The monoisotopic (exact) mass is 284 g/mol. The van der Waals surface area contributed by atoms with Crippen molar-refractivity contribution in [2.24, 2.45) is 0 Å². The molecular weight excluding hydrogens is 280 g/mol. The van der Waals surface area contributed by atoms with E-state index in [0.717, 1.165) is 0 Å². The number of hydrogen-bond acceptors (Lipinski definition) is 1. The van der Waals surface area contributed by atoms with Crippen molar-refractivity contribution >= 4 is 5.97 Å². The maximum absolute atomic E-state index is 12.5. The van der Waals surface area contributed by atoms with Gasteiger partial charge in [-0.05, 0) is 6.08 Å². The van der Waals surface area contributed by atoms with Crippen molar-refractivity contribution in [1.82, 2.24) is 0 Å². The van der Waals surface area contributed by atoms with E-state index in [4.69, 9.17) is 5.11 Å². The molecule has 1 N–H and O–H groups in total. The van der Waals surface area contributed by atoms with Crippen molar-refractivity contribution in [3.63, 3.8) is 0 Å². The summed E-state index contributed by atoms with van der Waals surface area (Å²) in [6, 6.07) is 0. The maximum Gasteiger partial charge on any atom is 0.460 e. The fourth-order valence-electron chi connectivity index (χ4n) is 0.648. The highest BCUT2D eigenvalue weighted by atomic mass is 19.4. The topological polar surface area (TPSA) is 37.3 Å². The highest BCUT2D eigenvalue weighted by molar-refractivity contribution is 5.80. The molecule has 0 atom stereocenters. The molecule has 0 aromatic heterocycles. The fourth-order valence-corrected chi connectivity index (χ4v) is 0.648. The first kappa shape index (κ1) is 16.4. The van der Waals surface area contributed by atoms with E-state index in [0.29, 0.717) is 0 Å². The number of aliphatic carboxylic acids is 1. The molecule has 0 radical (unpaired) electrons. The van der Waals surface area contributed by atoms with Gasteiger partial charge in [0.05, 0.1) is 0 Å². The van der Waals surface area contributed by atoms with E-state index in [-0.39, 0.29) is 12.2 Å². The zero-order valence-corrected chi connectivity index (χ0v) is 8.11. The minimum atomic E-state index is -6.65. The normalized spacial score (nSPS) is 15.2. The Balaban J connectivity index is 5.33. The molecule has 0 heterocycles. The van der Waals surface area contributed by atoms with E-state index in [9.17, 15) is 39.9 Å². The maximum atomic E-state index is 12.5. The minimum Gasteiger partial charge on any atom is -0.478 e. The first-order chi connectivity index (χ1) is 7.84. The average molecular weight is 284 g/mol. The van der Waals surface area contributed by atoms with Crippen molar-refractivity contribution in [1.29, 1.82) is 0 Å². The molecule has 0 unspecified atom stereocenters. The van der Waals surface area contributed by atoms with Gasteiger partial charge in [-0.3, -0.25) is 0 Å². The molecule has 18 heavy (non-hydrogen) atoms. The standard InChI is InChI=1S/C8H4F8O2/c9-4(2-1-3-5(17)18)6(10,11)7(12,13)8(14,15)16/h1-3H,(H,17,18)/b3-1+,4-2-. The van der Waals surface area contributed by atoms with Gasteiger partial charge in [0.25, 0.3) is 0 Å². The van der Waals surface area contributed by atoms with Gasteiger partial charge in [0.1, 0.15) is 0 Å². The molecule has 0 fully saturated rings. The third kappa shape index (κ3) is 3.20. The molecule has 0 amide bonds. The molecule has 0 aliphatic carbocycles. The van der Waals surface area contributed by atoms with Crippen LogP contribution in [-0.4, -0.2) is 29.1 Å². The number of carbonyl (C=O) groups is 1. The molecule has 0 aromatic carbocycles. The molecule has 0 saturated carbocycles. The van der Waals surface area contributed by atoms with Crippen LogP contribution in [0.1, 0.15) is 0 Å². The summed E-state index contributed by atoms with van der Waals surface area (Å²) in [5, 5.41) is 7.96. The van der Waals surface area contributed by atoms with E-state index in [1.807, 2.05) is 0 Å². The largest absolute Gasteiger partial charge is 0.478 e. The average Bonchev–Trinajstić information content (AvgIpc) is 2.14. The van der Waals surface area contributed by atoms with Gasteiger partial charge in [0.15, 0.2) is 5.83 Å². The number of hydrogen-bond donors (Lipinski definition) is 1. The highest BCUT2D eigenvalue weighted by Crippen LogP contribution is 2.49. The van der Waals surface area contributed by atoms with Gasteiger partial charge in [-0.2, -0.15) is 30.7 Å². The van der Waals surface area contributed by atoms with Crippen LogP contribution < -0.4 is 0 Å². The van der Waals surface area contributed by atoms with Crippen LogP contribution in [0.25, 0.3) is 0 Å². The summed E-state index contributed by atoms with van der Waals surface area (Å²) < 4.78 is 96.9. The minimum absolute atomic E-state index is 0.0536. The van der Waals surface area contributed by atoms with E-state index in [1.165, 1.54) is 0 Å². The van der Waals surface area contributed by atoms with Gasteiger partial charge in [0, 0.05) is 6.08 Å². The Kier molecular flexibility index (Phi) is 4.50. The molecule has 0 saturated heterocycles. The van der Waals surface area contributed by atoms with Crippen LogP contribution >= 0.6 is 0 Å². The summed E-state index contributed by atoms with van der Waals surface area (Å²) >= 11 is 0. The Hall–Kier alpha value is -1.61. The van der Waals surface area contributed by atoms with Crippen LogP contribution in [0, 0.1) is 0 Å². The summed E-state index contributed by atoms with van der Waals surface area (Å²) in [4.78, 5) is 9.83. The van der Waals surface area contributed by atoms with Gasteiger partial charge in [-0.15, -0.1) is 0 Å². The molecule has 0 aromatic rings. The fraction of sp³-hybridized carbons (Fsp3) is 0.375. The zero-order chi connectivity index (χ0) is 14.8. The lowest BCUT2D eigenvalue weighted by atomic mass is 10.1. The van der Waals surface area contributed by atoms with E-state index >= 15 is 0 Å². The molecular formula is C8H4F8O2. The second-order valence-electron chi connectivity index (χ2n) is 2.86. The number of halogens is 8. The Morgan fingerprint density at radius 2 is 1.44 bits per heavy atom. The van der Waals surface area contributed by atoms with Crippen molar-refractivity contribution in [2.45, 2.75) is 18.0 Å². The first-order valence-corrected chi connectivity index (χ1v) is 3.93. The third-order valence-electron chi connectivity index (χ3n) is 1.53. The number of rotatable bonds is 4. The summed E-state index contributed by atoms with van der Waals surface area (Å²) in [6.07, 6.45) is -7.02. The number of carboxylic acids is 1.